The number of pyridine rings is 1. The van der Waals surface area contributed by atoms with Crippen molar-refractivity contribution in [1.29, 1.82) is 0 Å². The SMILES string of the molecule is COc1ccc(CN(C(=O)CSc2nnc(-c3cccnc3)n2C)C2CC2)cc1. The summed E-state index contributed by atoms with van der Waals surface area (Å²) in [5, 5.41) is 9.23. The van der Waals surface area contributed by atoms with E-state index in [2.05, 4.69) is 15.2 Å². The van der Waals surface area contributed by atoms with E-state index in [-0.39, 0.29) is 5.91 Å². The molecule has 0 atom stereocenters. The van der Waals surface area contributed by atoms with E-state index < -0.39 is 0 Å². The topological polar surface area (TPSA) is 73.1 Å². The molecule has 150 valence electrons. The highest BCUT2D eigenvalue weighted by molar-refractivity contribution is 7.99. The maximum atomic E-state index is 12.9. The summed E-state index contributed by atoms with van der Waals surface area (Å²) in [4.78, 5) is 19.0. The van der Waals surface area contributed by atoms with Gasteiger partial charge in [-0.3, -0.25) is 9.78 Å². The molecule has 3 aromatic rings. The molecule has 2 aromatic heterocycles. The third-order valence-electron chi connectivity index (χ3n) is 4.90. The first-order valence-electron chi connectivity index (χ1n) is 9.50. The highest BCUT2D eigenvalue weighted by Crippen LogP contribution is 2.30. The van der Waals surface area contributed by atoms with E-state index in [1.54, 1.807) is 19.5 Å². The lowest BCUT2D eigenvalue weighted by Gasteiger charge is -2.22. The maximum absolute atomic E-state index is 12.9. The van der Waals surface area contributed by atoms with Gasteiger partial charge in [0.15, 0.2) is 11.0 Å². The number of carbonyl (C=O) groups excluding carboxylic acids is 1. The second-order valence-electron chi connectivity index (χ2n) is 7.00. The molecule has 0 spiro atoms. The summed E-state index contributed by atoms with van der Waals surface area (Å²) < 4.78 is 7.11. The van der Waals surface area contributed by atoms with Crippen LogP contribution in [-0.2, 0) is 18.4 Å². The molecule has 1 amide bonds. The van der Waals surface area contributed by atoms with E-state index in [0.717, 1.165) is 40.7 Å². The smallest absolute Gasteiger partial charge is 0.233 e. The molecule has 0 saturated heterocycles. The van der Waals surface area contributed by atoms with Crippen LogP contribution in [0.1, 0.15) is 18.4 Å². The van der Waals surface area contributed by atoms with Crippen molar-refractivity contribution in [2.24, 2.45) is 7.05 Å². The first kappa shape index (κ1) is 19.4. The van der Waals surface area contributed by atoms with Gasteiger partial charge in [-0.25, -0.2) is 0 Å². The Morgan fingerprint density at radius 3 is 2.69 bits per heavy atom. The standard InChI is InChI=1S/C21H23N5O2S/c1-25-20(16-4-3-11-22-12-16)23-24-21(25)29-14-19(27)26(17-7-8-17)13-15-5-9-18(28-2)10-6-15/h3-6,9-12,17H,7-8,13-14H2,1-2H3. The molecule has 7 nitrogen and oxygen atoms in total. The van der Waals surface area contributed by atoms with Crippen LogP contribution < -0.4 is 4.74 Å². The van der Waals surface area contributed by atoms with Gasteiger partial charge in [0.1, 0.15) is 5.75 Å². The van der Waals surface area contributed by atoms with Crippen LogP contribution in [0.3, 0.4) is 0 Å². The Morgan fingerprint density at radius 2 is 2.03 bits per heavy atom. The molecule has 1 aromatic carbocycles. The molecule has 0 radical (unpaired) electrons. The zero-order chi connectivity index (χ0) is 20.2. The molecular weight excluding hydrogens is 386 g/mol. The first-order chi connectivity index (χ1) is 14.2. The van der Waals surface area contributed by atoms with E-state index in [4.69, 9.17) is 4.74 Å². The van der Waals surface area contributed by atoms with Gasteiger partial charge in [-0.05, 0) is 42.7 Å². The molecule has 29 heavy (non-hydrogen) atoms. The fraction of sp³-hybridized carbons (Fsp3) is 0.333. The Morgan fingerprint density at radius 1 is 1.24 bits per heavy atom. The molecule has 4 rings (SSSR count). The molecule has 1 saturated carbocycles. The number of rotatable bonds is 8. The van der Waals surface area contributed by atoms with Crippen molar-refractivity contribution in [1.82, 2.24) is 24.6 Å². The minimum atomic E-state index is 0.124. The van der Waals surface area contributed by atoms with Crippen LogP contribution in [-0.4, -0.2) is 49.5 Å². The minimum Gasteiger partial charge on any atom is -0.497 e. The summed E-state index contributed by atoms with van der Waals surface area (Å²) >= 11 is 1.42. The Bertz CT molecular complexity index is 970. The van der Waals surface area contributed by atoms with E-state index in [1.165, 1.54) is 11.8 Å². The van der Waals surface area contributed by atoms with Gasteiger partial charge in [-0.15, -0.1) is 10.2 Å². The van der Waals surface area contributed by atoms with Crippen LogP contribution in [0.2, 0.25) is 0 Å². The van der Waals surface area contributed by atoms with Crippen molar-refractivity contribution in [3.05, 3.63) is 54.4 Å². The number of benzene rings is 1. The van der Waals surface area contributed by atoms with Gasteiger partial charge in [-0.1, -0.05) is 23.9 Å². The van der Waals surface area contributed by atoms with Gasteiger partial charge >= 0.3 is 0 Å². The molecular formula is C21H23N5O2S. The summed E-state index contributed by atoms with van der Waals surface area (Å²) in [5.74, 6) is 2.02. The predicted molar refractivity (Wildman–Crippen MR) is 112 cm³/mol. The summed E-state index contributed by atoms with van der Waals surface area (Å²) in [5.41, 5.74) is 2.01. The molecule has 2 heterocycles. The lowest BCUT2D eigenvalue weighted by atomic mass is 10.2. The van der Waals surface area contributed by atoms with E-state index in [9.17, 15) is 4.79 Å². The predicted octanol–water partition coefficient (Wildman–Crippen LogP) is 3.17. The summed E-state index contributed by atoms with van der Waals surface area (Å²) in [6.07, 6.45) is 5.63. The molecule has 0 aliphatic heterocycles. The molecule has 0 unspecified atom stereocenters. The van der Waals surface area contributed by atoms with E-state index in [1.807, 2.05) is 52.9 Å². The second kappa shape index (κ2) is 8.65. The Hall–Kier alpha value is -2.87. The third kappa shape index (κ3) is 4.59. The average Bonchev–Trinajstić information content (AvgIpc) is 3.54. The number of thioether (sulfide) groups is 1. The Labute approximate surface area is 174 Å². The zero-order valence-electron chi connectivity index (χ0n) is 16.5. The number of ether oxygens (including phenoxy) is 1. The number of hydrogen-bond acceptors (Lipinski definition) is 6. The van der Waals surface area contributed by atoms with Gasteiger partial charge in [-0.2, -0.15) is 0 Å². The Kier molecular flexibility index (Phi) is 5.80. The van der Waals surface area contributed by atoms with Crippen molar-refractivity contribution < 1.29 is 9.53 Å². The fourth-order valence-electron chi connectivity index (χ4n) is 3.13. The highest BCUT2D eigenvalue weighted by Gasteiger charge is 2.32. The Balaban J connectivity index is 1.40. The van der Waals surface area contributed by atoms with Gasteiger partial charge in [0.2, 0.25) is 5.91 Å². The van der Waals surface area contributed by atoms with Crippen LogP contribution >= 0.6 is 11.8 Å². The number of hydrogen-bond donors (Lipinski definition) is 0. The minimum absolute atomic E-state index is 0.124. The van der Waals surface area contributed by atoms with Gasteiger partial charge in [0.05, 0.1) is 12.9 Å². The highest BCUT2D eigenvalue weighted by atomic mass is 32.2. The van der Waals surface area contributed by atoms with Gasteiger partial charge < -0.3 is 14.2 Å². The quantitative estimate of drug-likeness (QED) is 0.532. The maximum Gasteiger partial charge on any atom is 0.233 e. The monoisotopic (exact) mass is 409 g/mol. The van der Waals surface area contributed by atoms with E-state index in [0.29, 0.717) is 18.3 Å². The number of nitrogens with zero attached hydrogens (tertiary/aromatic N) is 5. The molecule has 1 aliphatic rings. The van der Waals surface area contributed by atoms with Crippen LogP contribution in [0, 0.1) is 0 Å². The van der Waals surface area contributed by atoms with Crippen molar-refractivity contribution in [3.8, 4) is 17.1 Å². The van der Waals surface area contributed by atoms with Gasteiger partial charge in [0.25, 0.3) is 0 Å². The van der Waals surface area contributed by atoms with Crippen molar-refractivity contribution in [2.45, 2.75) is 30.6 Å². The number of aromatic nitrogens is 4. The van der Waals surface area contributed by atoms with Crippen LogP contribution in [0.4, 0.5) is 0 Å². The number of methoxy groups -OCH3 is 1. The van der Waals surface area contributed by atoms with Crippen LogP contribution in [0.15, 0.2) is 53.9 Å². The second-order valence-corrected chi connectivity index (χ2v) is 7.94. The summed E-state index contributed by atoms with van der Waals surface area (Å²) in [7, 11) is 3.56. The van der Waals surface area contributed by atoms with Crippen LogP contribution in [0.25, 0.3) is 11.4 Å². The van der Waals surface area contributed by atoms with E-state index >= 15 is 0 Å². The number of amides is 1. The molecule has 0 N–H and O–H groups in total. The van der Waals surface area contributed by atoms with Crippen molar-refractivity contribution in [2.75, 3.05) is 12.9 Å². The lowest BCUT2D eigenvalue weighted by Crippen LogP contribution is -2.34. The molecule has 1 fully saturated rings. The number of carbonyl (C=O) groups is 1. The zero-order valence-corrected chi connectivity index (χ0v) is 17.3. The first-order valence-corrected chi connectivity index (χ1v) is 10.5. The van der Waals surface area contributed by atoms with Crippen molar-refractivity contribution >= 4 is 17.7 Å². The average molecular weight is 410 g/mol. The van der Waals surface area contributed by atoms with Gasteiger partial charge in [0, 0.05) is 37.6 Å². The fourth-order valence-corrected chi connectivity index (χ4v) is 3.93. The third-order valence-corrected chi connectivity index (χ3v) is 5.90. The largest absolute Gasteiger partial charge is 0.497 e. The normalized spacial score (nSPS) is 13.3. The lowest BCUT2D eigenvalue weighted by molar-refractivity contribution is -0.129. The molecule has 8 heteroatoms. The molecule has 1 aliphatic carbocycles. The van der Waals surface area contributed by atoms with Crippen LogP contribution in [0.5, 0.6) is 5.75 Å². The summed E-state index contributed by atoms with van der Waals surface area (Å²) in [6, 6.07) is 12.0. The molecule has 0 bridgehead atoms. The summed E-state index contributed by atoms with van der Waals surface area (Å²) in [6.45, 7) is 0.619. The van der Waals surface area contributed by atoms with Crippen molar-refractivity contribution in [3.63, 3.8) is 0 Å².